The monoisotopic (exact) mass is 290 g/mol. The van der Waals surface area contributed by atoms with Crippen molar-refractivity contribution in [2.75, 3.05) is 24.7 Å². The molecule has 0 bridgehead atoms. The van der Waals surface area contributed by atoms with Crippen molar-refractivity contribution in [3.8, 4) is 0 Å². The van der Waals surface area contributed by atoms with Crippen LogP contribution in [0.15, 0.2) is 0 Å². The van der Waals surface area contributed by atoms with Crippen LogP contribution in [0, 0.1) is 0 Å². The van der Waals surface area contributed by atoms with Gasteiger partial charge in [0.1, 0.15) is 0 Å². The number of hydrogen-bond donors (Lipinski definition) is 0. The highest BCUT2D eigenvalue weighted by Gasteiger charge is 2.44. The number of ether oxygens (including phenoxy) is 2. The van der Waals surface area contributed by atoms with Crippen LogP contribution in [0.4, 0.5) is 0 Å². The lowest BCUT2D eigenvalue weighted by Crippen LogP contribution is -2.04. The summed E-state index contributed by atoms with van der Waals surface area (Å²) in [5.74, 6) is 2.73. The average molecular weight is 290 g/mol. The van der Waals surface area contributed by atoms with E-state index in [-0.39, 0.29) is 0 Å². The van der Waals surface area contributed by atoms with E-state index in [1.165, 1.54) is 24.3 Å². The van der Waals surface area contributed by atoms with E-state index in [1.54, 1.807) is 0 Å². The molecule has 4 aliphatic rings. The Bertz CT molecular complexity index is 265. The van der Waals surface area contributed by atoms with Crippen LogP contribution in [-0.2, 0) is 9.47 Å². The van der Waals surface area contributed by atoms with Crippen LogP contribution in [0.2, 0.25) is 0 Å². The van der Waals surface area contributed by atoms with Crippen LogP contribution < -0.4 is 0 Å². The Kier molecular flexibility index (Phi) is 3.34. The maximum atomic E-state index is 5.28. The summed E-state index contributed by atoms with van der Waals surface area (Å²) in [4.78, 5) is 0. The number of thioether (sulfide) groups is 3. The quantitative estimate of drug-likeness (QED) is 0.639. The molecule has 4 rings (SSSR count). The summed E-state index contributed by atoms with van der Waals surface area (Å²) in [5, 5.41) is 3.74. The third-order valence-electron chi connectivity index (χ3n) is 3.73. The molecule has 0 aromatic carbocycles. The summed E-state index contributed by atoms with van der Waals surface area (Å²) < 4.78 is 10.6. The third kappa shape index (κ3) is 3.50. The largest absolute Gasteiger partial charge is 0.373 e. The Balaban J connectivity index is 1.05. The highest BCUT2D eigenvalue weighted by atomic mass is 32.2. The van der Waals surface area contributed by atoms with E-state index >= 15 is 0 Å². The number of rotatable bonds is 8. The molecule has 0 N–H and O–H groups in total. The first-order chi connectivity index (χ1) is 8.38. The average Bonchev–Trinajstić information content (AvgIpc) is 3.18. The normalized spacial score (nSPS) is 50.1. The van der Waals surface area contributed by atoms with E-state index in [0.717, 1.165) is 34.2 Å². The number of epoxide rings is 2. The van der Waals surface area contributed by atoms with Crippen molar-refractivity contribution in [1.82, 2.24) is 0 Å². The van der Waals surface area contributed by atoms with Crippen molar-refractivity contribution in [3.05, 3.63) is 0 Å². The molecule has 0 radical (unpaired) electrons. The van der Waals surface area contributed by atoms with Gasteiger partial charge in [0.15, 0.2) is 0 Å². The molecule has 0 amide bonds. The van der Waals surface area contributed by atoms with E-state index in [9.17, 15) is 0 Å². The summed E-state index contributed by atoms with van der Waals surface area (Å²) in [6.07, 6.45) is 3.89. The van der Waals surface area contributed by atoms with Gasteiger partial charge in [0.2, 0.25) is 0 Å². The minimum Gasteiger partial charge on any atom is -0.373 e. The second-order valence-corrected chi connectivity index (χ2v) is 9.39. The van der Waals surface area contributed by atoms with E-state index in [2.05, 4.69) is 35.3 Å². The van der Waals surface area contributed by atoms with Crippen LogP contribution in [-0.4, -0.2) is 57.9 Å². The van der Waals surface area contributed by atoms with Gasteiger partial charge in [-0.3, -0.25) is 0 Å². The standard InChI is InChI=1S/C12H18O2S3/c1(7-3-13-7)9-11(16-9)5-15-6-12-10(17-12)2-8-4-14-8/h7-12H,1-6H2. The van der Waals surface area contributed by atoms with E-state index in [1.807, 2.05) is 0 Å². The molecule has 0 aromatic heterocycles. The Morgan fingerprint density at radius 3 is 1.71 bits per heavy atom. The molecule has 6 unspecified atom stereocenters. The van der Waals surface area contributed by atoms with Crippen molar-refractivity contribution >= 4 is 35.3 Å². The minimum atomic E-state index is 0.629. The first-order valence-corrected chi connectivity index (χ1v) is 9.54. The minimum absolute atomic E-state index is 0.629. The van der Waals surface area contributed by atoms with Crippen molar-refractivity contribution in [2.45, 2.75) is 46.0 Å². The van der Waals surface area contributed by atoms with Crippen LogP contribution >= 0.6 is 35.3 Å². The summed E-state index contributed by atoms with van der Waals surface area (Å²) in [6, 6.07) is 0. The predicted molar refractivity (Wildman–Crippen MR) is 76.4 cm³/mol. The van der Waals surface area contributed by atoms with E-state index < -0.39 is 0 Å². The molecule has 4 saturated heterocycles. The fourth-order valence-electron chi connectivity index (χ4n) is 2.29. The maximum Gasteiger partial charge on any atom is 0.0820 e. The molecule has 4 heterocycles. The molecular formula is C12H18O2S3. The van der Waals surface area contributed by atoms with Crippen LogP contribution in [0.1, 0.15) is 12.8 Å². The van der Waals surface area contributed by atoms with E-state index in [4.69, 9.17) is 9.47 Å². The Labute approximate surface area is 115 Å². The highest BCUT2D eigenvalue weighted by molar-refractivity contribution is 8.11. The smallest absolute Gasteiger partial charge is 0.0820 e. The van der Waals surface area contributed by atoms with Crippen LogP contribution in [0.5, 0.6) is 0 Å². The molecule has 96 valence electrons. The zero-order chi connectivity index (χ0) is 11.2. The molecule has 17 heavy (non-hydrogen) atoms. The van der Waals surface area contributed by atoms with Crippen molar-refractivity contribution in [3.63, 3.8) is 0 Å². The summed E-state index contributed by atoms with van der Waals surface area (Å²) in [6.45, 7) is 2.06. The molecule has 0 aromatic rings. The topological polar surface area (TPSA) is 25.1 Å². The van der Waals surface area contributed by atoms with Crippen LogP contribution in [0.3, 0.4) is 0 Å². The maximum absolute atomic E-state index is 5.28. The summed E-state index contributed by atoms with van der Waals surface area (Å²) in [7, 11) is 0. The first kappa shape index (κ1) is 11.8. The van der Waals surface area contributed by atoms with Crippen LogP contribution in [0.25, 0.3) is 0 Å². The Morgan fingerprint density at radius 1 is 0.824 bits per heavy atom. The van der Waals surface area contributed by atoms with Gasteiger partial charge in [0, 0.05) is 32.5 Å². The Hall–Kier alpha value is 0.970. The zero-order valence-corrected chi connectivity index (χ0v) is 12.2. The van der Waals surface area contributed by atoms with Gasteiger partial charge in [0.05, 0.1) is 25.4 Å². The first-order valence-electron chi connectivity index (χ1n) is 6.50. The molecule has 5 heteroatoms. The predicted octanol–water partition coefficient (Wildman–Crippen LogP) is 2.27. The van der Waals surface area contributed by atoms with Gasteiger partial charge in [-0.05, 0) is 12.8 Å². The molecule has 0 aliphatic carbocycles. The van der Waals surface area contributed by atoms with Crippen molar-refractivity contribution < 1.29 is 9.47 Å². The van der Waals surface area contributed by atoms with Gasteiger partial charge >= 0.3 is 0 Å². The lowest BCUT2D eigenvalue weighted by Gasteiger charge is -1.98. The molecule has 6 atom stereocenters. The molecule has 0 saturated carbocycles. The Morgan fingerprint density at radius 2 is 1.29 bits per heavy atom. The molecule has 4 aliphatic heterocycles. The van der Waals surface area contributed by atoms with Gasteiger partial charge < -0.3 is 9.47 Å². The van der Waals surface area contributed by atoms with Gasteiger partial charge in [-0.25, -0.2) is 0 Å². The fourth-order valence-corrected chi connectivity index (χ4v) is 6.59. The van der Waals surface area contributed by atoms with Gasteiger partial charge in [0.25, 0.3) is 0 Å². The molecule has 0 spiro atoms. The number of hydrogen-bond acceptors (Lipinski definition) is 5. The second kappa shape index (κ2) is 4.82. The molecule has 2 nitrogen and oxygen atoms in total. The molecule has 4 fully saturated rings. The lowest BCUT2D eigenvalue weighted by molar-refractivity contribution is 0.398. The van der Waals surface area contributed by atoms with Gasteiger partial charge in [-0.15, -0.1) is 0 Å². The van der Waals surface area contributed by atoms with E-state index in [0.29, 0.717) is 12.2 Å². The van der Waals surface area contributed by atoms with Crippen molar-refractivity contribution in [2.24, 2.45) is 0 Å². The SMILES string of the molecule is C1OC1CC1SC1CSCC1SC1CC1CO1. The third-order valence-corrected chi connectivity index (χ3v) is 8.15. The molecular weight excluding hydrogens is 272 g/mol. The van der Waals surface area contributed by atoms with Gasteiger partial charge in [-0.2, -0.15) is 35.3 Å². The summed E-state index contributed by atoms with van der Waals surface area (Å²) in [5.41, 5.74) is 0. The highest BCUT2D eigenvalue weighted by Crippen LogP contribution is 2.50. The summed E-state index contributed by atoms with van der Waals surface area (Å²) >= 11 is 6.52. The lowest BCUT2D eigenvalue weighted by atomic mass is 10.2. The van der Waals surface area contributed by atoms with Crippen molar-refractivity contribution in [1.29, 1.82) is 0 Å². The fraction of sp³-hybridized carbons (Fsp3) is 1.00. The van der Waals surface area contributed by atoms with Gasteiger partial charge in [-0.1, -0.05) is 0 Å². The zero-order valence-electron chi connectivity index (χ0n) is 9.75. The second-order valence-electron chi connectivity index (χ2n) is 5.35.